The molecular weight excluding hydrogens is 667 g/mol. The normalized spacial score (nSPS) is 11.7. The van der Waals surface area contributed by atoms with E-state index in [1.807, 2.05) is 92.7 Å². The monoisotopic (exact) mass is 717 g/mol. The zero-order valence-electron chi connectivity index (χ0n) is 27.6. The number of aldehydes is 1. The number of carbonyl (C=O) groups is 2. The van der Waals surface area contributed by atoms with Gasteiger partial charge < -0.3 is 12.2 Å². The summed E-state index contributed by atoms with van der Waals surface area (Å²) in [6.45, 7) is 8.00. The van der Waals surface area contributed by atoms with Gasteiger partial charge in [-0.15, -0.1) is 0 Å². The minimum atomic E-state index is 0. The summed E-state index contributed by atoms with van der Waals surface area (Å²) in [6, 6.07) is 40.8. The van der Waals surface area contributed by atoms with Crippen LogP contribution < -0.4 is 5.48 Å². The van der Waals surface area contributed by atoms with Crippen molar-refractivity contribution in [2.45, 2.75) is 46.6 Å². The van der Waals surface area contributed by atoms with E-state index in [9.17, 15) is 9.59 Å². The van der Waals surface area contributed by atoms with E-state index in [0.717, 1.165) is 32.1 Å². The Bertz CT molecular complexity index is 1260. The minimum Gasteiger partial charge on any atom is -0.358 e. The summed E-state index contributed by atoms with van der Waals surface area (Å²) in [5.41, 5.74) is 8.06. The van der Waals surface area contributed by atoms with E-state index in [1.54, 1.807) is 0 Å². The van der Waals surface area contributed by atoms with Crippen LogP contribution in [-0.2, 0) is 60.7 Å². The number of nitrogens with one attached hydrogen (secondary N) is 1. The van der Waals surface area contributed by atoms with Crippen molar-refractivity contribution < 1.29 is 40.1 Å². The quantitative estimate of drug-likeness (QED) is 0.0328. The molecule has 0 saturated carbocycles. The molecule has 0 aliphatic heterocycles. The van der Waals surface area contributed by atoms with Gasteiger partial charge in [0.15, 0.2) is 0 Å². The molecule has 252 valence electrons. The van der Waals surface area contributed by atoms with Crippen LogP contribution in [0.5, 0.6) is 0 Å². The molecule has 0 unspecified atom stereocenters. The van der Waals surface area contributed by atoms with Crippen molar-refractivity contribution in [3.8, 4) is 0 Å². The summed E-state index contributed by atoms with van der Waals surface area (Å²) in [5.74, 6) is 0.947. The van der Waals surface area contributed by atoms with E-state index in [2.05, 4.69) is 54.9 Å². The molecule has 3 atom stereocenters. The third-order valence-corrected chi connectivity index (χ3v) is 6.72. The van der Waals surface area contributed by atoms with Crippen LogP contribution in [0.4, 0.5) is 0 Å². The van der Waals surface area contributed by atoms with Gasteiger partial charge in [-0.1, -0.05) is 142 Å². The largest absolute Gasteiger partial charge is 0.358 e. The predicted molar refractivity (Wildman–Crippen MR) is 184 cm³/mol. The smallest absolute Gasteiger partial charge is 0.233 e. The van der Waals surface area contributed by atoms with Crippen LogP contribution in [-0.4, -0.2) is 36.1 Å². The first kappa shape index (κ1) is 42.6. The van der Waals surface area contributed by atoms with Gasteiger partial charge >= 0.3 is 0 Å². The zero-order valence-corrected chi connectivity index (χ0v) is 29.2. The van der Waals surface area contributed by atoms with Crippen LogP contribution in [0.15, 0.2) is 121 Å². The Morgan fingerprint density at radius 1 is 0.652 bits per heavy atom. The molecule has 0 radical (unpaired) electrons. The van der Waals surface area contributed by atoms with Gasteiger partial charge in [0.2, 0.25) is 6.41 Å². The molecule has 0 saturated heterocycles. The first-order valence-electron chi connectivity index (χ1n) is 15.3. The summed E-state index contributed by atoms with van der Waals surface area (Å²) in [5, 5.41) is 9.66. The molecule has 0 fully saturated rings. The van der Waals surface area contributed by atoms with Gasteiger partial charge in [-0.3, -0.25) is 14.8 Å². The first-order chi connectivity index (χ1) is 21.4. The molecule has 0 aliphatic carbocycles. The van der Waals surface area contributed by atoms with Gasteiger partial charge in [0.25, 0.3) is 0 Å². The van der Waals surface area contributed by atoms with Gasteiger partial charge in [-0.05, 0) is 53.4 Å². The number of amides is 1. The summed E-state index contributed by atoms with van der Waals surface area (Å²) in [4.78, 5) is 26.0. The second kappa shape index (κ2) is 26.7. The van der Waals surface area contributed by atoms with Crippen molar-refractivity contribution in [1.82, 2.24) is 10.5 Å². The van der Waals surface area contributed by atoms with Crippen molar-refractivity contribution in [2.24, 2.45) is 17.8 Å². The third kappa shape index (κ3) is 20.6. The fourth-order valence-electron chi connectivity index (χ4n) is 4.48. The second-order valence-corrected chi connectivity index (χ2v) is 11.2. The topological polar surface area (TPSA) is 78.9 Å². The van der Waals surface area contributed by atoms with Crippen LogP contribution in [0.1, 0.15) is 43.0 Å². The molecule has 0 spiro atoms. The molecule has 1 amide bonds. The van der Waals surface area contributed by atoms with Crippen LogP contribution in [0, 0.1) is 25.2 Å². The van der Waals surface area contributed by atoms with E-state index < -0.39 is 0 Å². The van der Waals surface area contributed by atoms with Gasteiger partial charge in [0, 0.05) is 32.9 Å². The SMILES string of the molecule is C[C@@H](Cc1ccccc1)CN(O)C=O.C[C@H](C=O)Cc1ccccc1.C[C@H](CNOCc1ccccc1)Cc1ccccc1.[CH3-].[Pd]. The maximum absolute atomic E-state index is 10.3. The Morgan fingerprint density at radius 2 is 1.04 bits per heavy atom. The Labute approximate surface area is 290 Å². The average Bonchev–Trinajstić information content (AvgIpc) is 3.05. The van der Waals surface area contributed by atoms with E-state index in [4.69, 9.17) is 10.0 Å². The molecule has 0 heterocycles. The molecule has 4 aromatic rings. The van der Waals surface area contributed by atoms with Gasteiger partial charge in [0.05, 0.1) is 13.2 Å². The van der Waals surface area contributed by atoms with Crippen molar-refractivity contribution in [3.05, 3.63) is 151 Å². The minimum absolute atomic E-state index is 0. The number of rotatable bonds is 15. The number of carbonyl (C=O) groups excluding carboxylic acids is 2. The molecule has 7 heteroatoms. The molecule has 46 heavy (non-hydrogen) atoms. The Hall–Kier alpha value is -3.44. The van der Waals surface area contributed by atoms with Crippen molar-refractivity contribution in [3.63, 3.8) is 0 Å². The number of hydroxylamine groups is 3. The van der Waals surface area contributed by atoms with Crippen molar-refractivity contribution >= 4 is 12.7 Å². The first-order valence-corrected chi connectivity index (χ1v) is 15.3. The molecule has 2 N–H and O–H groups in total. The number of nitrogens with zero attached hydrogens (tertiary/aromatic N) is 1. The Morgan fingerprint density at radius 3 is 1.46 bits per heavy atom. The van der Waals surface area contributed by atoms with Gasteiger partial charge in [-0.25, -0.2) is 10.5 Å². The molecular formula is C39H51N2O4Pd-. The standard InChI is InChI=1S/C17H21NO.C11H15NO2.C10H12O.CH3.Pd/c1-15(12-16-8-4-2-5-9-16)13-18-19-14-17-10-6-3-7-11-17;1-10(8-12(14)9-13)7-11-5-3-2-4-6-11;1-9(8-11)7-10-5-3-2-4-6-10;;/h2-11,15,18H,12-14H2,1H3;2-6,9-10,14H,7-8H2,1H3;2-6,8-9H,7H2,1H3;1H3;/q;;;-1;/t15-;10-;9-;;/m000../s1. The number of hydrogen-bond donors (Lipinski definition) is 2. The Balaban J connectivity index is 0.000000672. The van der Waals surface area contributed by atoms with E-state index >= 15 is 0 Å². The molecule has 6 nitrogen and oxygen atoms in total. The summed E-state index contributed by atoms with van der Waals surface area (Å²) in [7, 11) is 0. The molecule has 0 aromatic heterocycles. The fourth-order valence-corrected chi connectivity index (χ4v) is 4.48. The van der Waals surface area contributed by atoms with E-state index in [-0.39, 0.29) is 39.7 Å². The molecule has 4 aromatic carbocycles. The van der Waals surface area contributed by atoms with Crippen LogP contribution >= 0.6 is 0 Å². The van der Waals surface area contributed by atoms with Crippen LogP contribution in [0.25, 0.3) is 0 Å². The average molecular weight is 718 g/mol. The molecule has 0 aliphatic rings. The van der Waals surface area contributed by atoms with E-state index in [0.29, 0.717) is 30.5 Å². The molecule has 0 bridgehead atoms. The Kier molecular flexibility index (Phi) is 24.7. The maximum Gasteiger partial charge on any atom is 0.233 e. The summed E-state index contributed by atoms with van der Waals surface area (Å²) in [6.07, 6.45) is 4.22. The predicted octanol–water partition coefficient (Wildman–Crippen LogP) is 7.81. The third-order valence-electron chi connectivity index (χ3n) is 6.72. The van der Waals surface area contributed by atoms with Crippen molar-refractivity contribution in [1.29, 1.82) is 0 Å². The number of benzene rings is 4. The second-order valence-electron chi connectivity index (χ2n) is 11.2. The van der Waals surface area contributed by atoms with Gasteiger partial charge in [0.1, 0.15) is 6.29 Å². The number of hydrogen-bond acceptors (Lipinski definition) is 5. The van der Waals surface area contributed by atoms with Crippen molar-refractivity contribution in [2.75, 3.05) is 13.1 Å². The molecule has 4 rings (SSSR count). The zero-order chi connectivity index (χ0) is 31.8. The van der Waals surface area contributed by atoms with Crippen LogP contribution in [0.3, 0.4) is 0 Å². The summed E-state index contributed by atoms with van der Waals surface area (Å²) < 4.78 is 0. The van der Waals surface area contributed by atoms with E-state index in [1.165, 1.54) is 22.3 Å². The van der Waals surface area contributed by atoms with Crippen LogP contribution in [0.2, 0.25) is 0 Å². The summed E-state index contributed by atoms with van der Waals surface area (Å²) >= 11 is 0. The fraction of sp³-hybridized carbons (Fsp3) is 0.308. The maximum atomic E-state index is 10.3. The van der Waals surface area contributed by atoms with Gasteiger partial charge in [-0.2, -0.15) is 0 Å².